The summed E-state index contributed by atoms with van der Waals surface area (Å²) in [7, 11) is 0. The lowest BCUT2D eigenvalue weighted by Gasteiger charge is -2.18. The van der Waals surface area contributed by atoms with Crippen molar-refractivity contribution in [2.75, 3.05) is 17.2 Å². The lowest BCUT2D eigenvalue weighted by Crippen LogP contribution is -2.30. The molecule has 0 unspecified atom stereocenters. The summed E-state index contributed by atoms with van der Waals surface area (Å²) >= 11 is 0. The first-order valence-electron chi connectivity index (χ1n) is 5.01. The summed E-state index contributed by atoms with van der Waals surface area (Å²) in [6.07, 6.45) is 0.906. The third-order valence-corrected chi connectivity index (χ3v) is 2.17. The van der Waals surface area contributed by atoms with E-state index in [4.69, 9.17) is 10.8 Å². The second-order valence-corrected chi connectivity index (χ2v) is 3.38. The first-order valence-corrected chi connectivity index (χ1v) is 5.01. The Labute approximate surface area is 89.3 Å². The molecule has 1 rings (SSSR count). The van der Waals surface area contributed by atoms with Crippen LogP contribution in [0.5, 0.6) is 0 Å². The Balaban J connectivity index is 2.79. The van der Waals surface area contributed by atoms with Crippen LogP contribution >= 0.6 is 0 Å². The number of hydrogen-bond donors (Lipinski definition) is 2. The standard InChI is InChI=1S/C11H16N2O2/c1-2-3-8-13(11(14)15)10-6-4-9(12)5-7-10/h4-7H,2-3,8,12H2,1H3,(H,14,15). The van der Waals surface area contributed by atoms with E-state index in [1.54, 1.807) is 24.3 Å². The van der Waals surface area contributed by atoms with Gasteiger partial charge >= 0.3 is 6.09 Å². The van der Waals surface area contributed by atoms with Gasteiger partial charge in [0.15, 0.2) is 0 Å². The van der Waals surface area contributed by atoms with Gasteiger partial charge in [-0.15, -0.1) is 0 Å². The van der Waals surface area contributed by atoms with Crippen molar-refractivity contribution in [2.45, 2.75) is 19.8 Å². The fourth-order valence-corrected chi connectivity index (χ4v) is 1.31. The normalized spacial score (nSPS) is 9.93. The van der Waals surface area contributed by atoms with E-state index in [0.717, 1.165) is 12.8 Å². The number of anilines is 2. The van der Waals surface area contributed by atoms with Crippen LogP contribution in [-0.2, 0) is 0 Å². The van der Waals surface area contributed by atoms with Crippen LogP contribution in [0.3, 0.4) is 0 Å². The molecule has 0 aliphatic carbocycles. The van der Waals surface area contributed by atoms with Crippen LogP contribution in [0.4, 0.5) is 16.2 Å². The molecular formula is C11H16N2O2. The molecule has 0 spiro atoms. The highest BCUT2D eigenvalue weighted by atomic mass is 16.4. The van der Waals surface area contributed by atoms with Crippen LogP contribution in [0.15, 0.2) is 24.3 Å². The van der Waals surface area contributed by atoms with Crippen molar-refractivity contribution in [3.05, 3.63) is 24.3 Å². The highest BCUT2D eigenvalue weighted by Crippen LogP contribution is 2.17. The SMILES string of the molecule is CCCCN(C(=O)O)c1ccc(N)cc1. The molecule has 0 radical (unpaired) electrons. The molecule has 0 saturated carbocycles. The van der Waals surface area contributed by atoms with Crippen LogP contribution in [0.2, 0.25) is 0 Å². The monoisotopic (exact) mass is 208 g/mol. The Morgan fingerprint density at radius 1 is 1.40 bits per heavy atom. The Hall–Kier alpha value is -1.71. The van der Waals surface area contributed by atoms with E-state index in [-0.39, 0.29) is 0 Å². The number of nitrogens with two attached hydrogens (primary N) is 1. The molecule has 1 amide bonds. The van der Waals surface area contributed by atoms with Gasteiger partial charge in [-0.2, -0.15) is 0 Å². The maximum Gasteiger partial charge on any atom is 0.411 e. The van der Waals surface area contributed by atoms with Gasteiger partial charge < -0.3 is 10.8 Å². The molecule has 0 heterocycles. The van der Waals surface area contributed by atoms with E-state index in [0.29, 0.717) is 17.9 Å². The maximum absolute atomic E-state index is 11.0. The van der Waals surface area contributed by atoms with Gasteiger partial charge in [0.2, 0.25) is 0 Å². The molecule has 4 nitrogen and oxygen atoms in total. The van der Waals surface area contributed by atoms with Crippen molar-refractivity contribution in [1.29, 1.82) is 0 Å². The minimum atomic E-state index is -0.923. The molecule has 4 heteroatoms. The number of hydrogen-bond acceptors (Lipinski definition) is 2. The Morgan fingerprint density at radius 3 is 2.47 bits per heavy atom. The highest BCUT2D eigenvalue weighted by Gasteiger charge is 2.12. The summed E-state index contributed by atoms with van der Waals surface area (Å²) in [6.45, 7) is 2.55. The predicted molar refractivity (Wildman–Crippen MR) is 61.1 cm³/mol. The molecule has 0 aliphatic rings. The average Bonchev–Trinajstić information content (AvgIpc) is 2.21. The second-order valence-electron chi connectivity index (χ2n) is 3.38. The molecule has 82 valence electrons. The lowest BCUT2D eigenvalue weighted by molar-refractivity contribution is 0.201. The van der Waals surface area contributed by atoms with Gasteiger partial charge in [-0.1, -0.05) is 13.3 Å². The van der Waals surface area contributed by atoms with Gasteiger partial charge in [0.1, 0.15) is 0 Å². The third kappa shape index (κ3) is 3.16. The topological polar surface area (TPSA) is 66.6 Å². The quantitative estimate of drug-likeness (QED) is 0.747. The third-order valence-electron chi connectivity index (χ3n) is 2.17. The molecule has 1 aromatic carbocycles. The van der Waals surface area contributed by atoms with E-state index in [9.17, 15) is 4.79 Å². The van der Waals surface area contributed by atoms with E-state index >= 15 is 0 Å². The van der Waals surface area contributed by atoms with Gasteiger partial charge in [0, 0.05) is 17.9 Å². The number of unbranched alkanes of at least 4 members (excludes halogenated alkanes) is 1. The highest BCUT2D eigenvalue weighted by molar-refractivity contribution is 5.86. The Morgan fingerprint density at radius 2 is 2.00 bits per heavy atom. The Kier molecular flexibility index (Phi) is 3.97. The first kappa shape index (κ1) is 11.4. The zero-order valence-corrected chi connectivity index (χ0v) is 8.81. The number of nitrogen functional groups attached to an aromatic ring is 1. The molecule has 0 fully saturated rings. The molecule has 0 aliphatic heterocycles. The van der Waals surface area contributed by atoms with Crippen LogP contribution < -0.4 is 10.6 Å². The molecule has 3 N–H and O–H groups in total. The molecule has 0 aromatic heterocycles. The second kappa shape index (κ2) is 5.24. The number of amides is 1. The van der Waals surface area contributed by atoms with Gasteiger partial charge in [-0.3, -0.25) is 4.90 Å². The van der Waals surface area contributed by atoms with Gasteiger partial charge in [-0.25, -0.2) is 4.79 Å². The molecule has 0 bridgehead atoms. The molecule has 0 atom stereocenters. The van der Waals surface area contributed by atoms with Gasteiger partial charge in [-0.05, 0) is 30.7 Å². The van der Waals surface area contributed by atoms with Crippen molar-refractivity contribution >= 4 is 17.5 Å². The number of rotatable bonds is 4. The van der Waals surface area contributed by atoms with Crippen molar-refractivity contribution in [2.24, 2.45) is 0 Å². The van der Waals surface area contributed by atoms with Gasteiger partial charge in [0.25, 0.3) is 0 Å². The van der Waals surface area contributed by atoms with E-state index in [1.807, 2.05) is 6.92 Å². The largest absolute Gasteiger partial charge is 0.465 e. The summed E-state index contributed by atoms with van der Waals surface area (Å²) in [5.74, 6) is 0. The van der Waals surface area contributed by atoms with Crippen LogP contribution in [0.1, 0.15) is 19.8 Å². The first-order chi connectivity index (χ1) is 7.15. The minimum absolute atomic E-state index is 0.524. The van der Waals surface area contributed by atoms with Crippen molar-refractivity contribution in [1.82, 2.24) is 0 Å². The average molecular weight is 208 g/mol. The van der Waals surface area contributed by atoms with Crippen LogP contribution in [-0.4, -0.2) is 17.7 Å². The van der Waals surface area contributed by atoms with Crippen LogP contribution in [0.25, 0.3) is 0 Å². The molecular weight excluding hydrogens is 192 g/mol. The fourth-order valence-electron chi connectivity index (χ4n) is 1.31. The number of carbonyl (C=O) groups is 1. The van der Waals surface area contributed by atoms with Crippen LogP contribution in [0, 0.1) is 0 Å². The van der Waals surface area contributed by atoms with Crippen molar-refractivity contribution < 1.29 is 9.90 Å². The van der Waals surface area contributed by atoms with E-state index < -0.39 is 6.09 Å². The fraction of sp³-hybridized carbons (Fsp3) is 0.364. The minimum Gasteiger partial charge on any atom is -0.465 e. The zero-order valence-electron chi connectivity index (χ0n) is 8.81. The number of carboxylic acid groups (broad SMARTS) is 1. The zero-order chi connectivity index (χ0) is 11.3. The Bertz CT molecular complexity index is 322. The van der Waals surface area contributed by atoms with E-state index in [2.05, 4.69) is 0 Å². The molecule has 1 aromatic rings. The molecule has 15 heavy (non-hydrogen) atoms. The summed E-state index contributed by atoms with van der Waals surface area (Å²) in [6, 6.07) is 6.85. The smallest absolute Gasteiger partial charge is 0.411 e. The summed E-state index contributed by atoms with van der Waals surface area (Å²) in [5.41, 5.74) is 6.85. The maximum atomic E-state index is 11.0. The number of nitrogens with zero attached hydrogens (tertiary/aromatic N) is 1. The summed E-state index contributed by atoms with van der Waals surface area (Å²) in [4.78, 5) is 12.3. The van der Waals surface area contributed by atoms with Gasteiger partial charge in [0.05, 0.1) is 0 Å². The number of benzene rings is 1. The summed E-state index contributed by atoms with van der Waals surface area (Å²) in [5, 5.41) is 9.02. The van der Waals surface area contributed by atoms with Crippen molar-refractivity contribution in [3.63, 3.8) is 0 Å². The predicted octanol–water partition coefficient (Wildman–Crippen LogP) is 2.55. The molecule has 0 saturated heterocycles. The summed E-state index contributed by atoms with van der Waals surface area (Å²) < 4.78 is 0. The lowest BCUT2D eigenvalue weighted by atomic mass is 10.2. The van der Waals surface area contributed by atoms with Crippen molar-refractivity contribution in [3.8, 4) is 0 Å². The van der Waals surface area contributed by atoms with E-state index in [1.165, 1.54) is 4.90 Å².